The smallest absolute Gasteiger partial charge is 0.263 e. The number of hydrogen-bond acceptors (Lipinski definition) is 5. The largest absolute Gasteiger partial charge is 0.348 e. The number of amides is 1. The minimum absolute atomic E-state index is 0.0243. The van der Waals surface area contributed by atoms with Crippen LogP contribution in [0.4, 0.5) is 4.39 Å². The first-order valence-corrected chi connectivity index (χ1v) is 12.3. The van der Waals surface area contributed by atoms with E-state index in [9.17, 15) is 14.0 Å². The van der Waals surface area contributed by atoms with E-state index in [-0.39, 0.29) is 23.0 Å². The first-order valence-electron chi connectivity index (χ1n) is 10.5. The number of fused-ring (bicyclic) bond motifs is 3. The Morgan fingerprint density at radius 2 is 2.06 bits per heavy atom. The maximum atomic E-state index is 13.6. The highest BCUT2D eigenvalue weighted by atomic mass is 32.2. The van der Waals surface area contributed by atoms with E-state index in [4.69, 9.17) is 4.98 Å². The van der Waals surface area contributed by atoms with Crippen molar-refractivity contribution in [2.45, 2.75) is 44.3 Å². The van der Waals surface area contributed by atoms with Crippen LogP contribution in [0.25, 0.3) is 10.2 Å². The standard InChI is InChI=1S/C23H26FN3O2S2/c1-14-4-9-17-18(12-14)31-21-20(17)22(29)27(11-10-15-5-7-16(24)8-6-15)23(25-21)30-13-19(28)26(2)3/h5-8,14H,4,9-13H2,1-3H3. The van der Waals surface area contributed by atoms with Crippen LogP contribution >= 0.6 is 23.1 Å². The highest BCUT2D eigenvalue weighted by Crippen LogP contribution is 2.36. The summed E-state index contributed by atoms with van der Waals surface area (Å²) in [5.74, 6) is 0.544. The van der Waals surface area contributed by atoms with Gasteiger partial charge < -0.3 is 4.90 Å². The summed E-state index contributed by atoms with van der Waals surface area (Å²) in [6.45, 7) is 2.68. The molecule has 1 aliphatic carbocycles. The first-order chi connectivity index (χ1) is 14.8. The second kappa shape index (κ2) is 9.12. The number of carbonyl (C=O) groups excluding carboxylic acids is 1. The van der Waals surface area contributed by atoms with E-state index >= 15 is 0 Å². The lowest BCUT2D eigenvalue weighted by Gasteiger charge is -2.18. The van der Waals surface area contributed by atoms with Gasteiger partial charge in [-0.05, 0) is 54.9 Å². The molecule has 0 aliphatic heterocycles. The summed E-state index contributed by atoms with van der Waals surface area (Å²) in [5.41, 5.74) is 2.08. The average Bonchev–Trinajstić information content (AvgIpc) is 3.10. The van der Waals surface area contributed by atoms with Crippen LogP contribution < -0.4 is 5.56 Å². The molecule has 2 aromatic heterocycles. The van der Waals surface area contributed by atoms with Crippen molar-refractivity contribution in [1.29, 1.82) is 0 Å². The molecule has 1 aliphatic rings. The summed E-state index contributed by atoms with van der Waals surface area (Å²) in [7, 11) is 3.44. The molecule has 0 bridgehead atoms. The summed E-state index contributed by atoms with van der Waals surface area (Å²) in [4.78, 5) is 34.1. The number of rotatable bonds is 6. The molecule has 0 fully saturated rings. The molecular formula is C23H26FN3O2S2. The molecule has 0 radical (unpaired) electrons. The normalized spacial score (nSPS) is 15.8. The minimum atomic E-state index is -0.276. The van der Waals surface area contributed by atoms with Gasteiger partial charge in [0.1, 0.15) is 10.6 Å². The monoisotopic (exact) mass is 459 g/mol. The van der Waals surface area contributed by atoms with Crippen molar-refractivity contribution in [2.24, 2.45) is 5.92 Å². The quantitative estimate of drug-likeness (QED) is 0.411. The number of thioether (sulfide) groups is 1. The van der Waals surface area contributed by atoms with E-state index in [0.717, 1.165) is 40.6 Å². The second-order valence-corrected chi connectivity index (χ2v) is 10.4. The summed E-state index contributed by atoms with van der Waals surface area (Å²) in [6.07, 6.45) is 3.58. The van der Waals surface area contributed by atoms with E-state index in [2.05, 4.69) is 6.92 Å². The van der Waals surface area contributed by atoms with Crippen molar-refractivity contribution >= 4 is 39.2 Å². The van der Waals surface area contributed by atoms with Gasteiger partial charge in [-0.1, -0.05) is 30.8 Å². The van der Waals surface area contributed by atoms with Crippen LogP contribution in [0.3, 0.4) is 0 Å². The predicted octanol–water partition coefficient (Wildman–Crippen LogP) is 4.14. The van der Waals surface area contributed by atoms with Gasteiger partial charge in [-0.2, -0.15) is 0 Å². The zero-order chi connectivity index (χ0) is 22.1. The van der Waals surface area contributed by atoms with Gasteiger partial charge in [-0.25, -0.2) is 9.37 Å². The van der Waals surface area contributed by atoms with E-state index in [1.165, 1.54) is 33.7 Å². The summed E-state index contributed by atoms with van der Waals surface area (Å²) in [5, 5.41) is 1.32. The Hall–Kier alpha value is -2.19. The molecule has 5 nitrogen and oxygen atoms in total. The summed E-state index contributed by atoms with van der Waals surface area (Å²) < 4.78 is 14.9. The van der Waals surface area contributed by atoms with Crippen molar-refractivity contribution in [1.82, 2.24) is 14.5 Å². The number of hydrogen-bond donors (Lipinski definition) is 0. The highest BCUT2D eigenvalue weighted by Gasteiger charge is 2.25. The number of aryl methyl sites for hydroxylation is 2. The number of aromatic nitrogens is 2. The molecule has 4 rings (SSSR count). The zero-order valence-electron chi connectivity index (χ0n) is 18.0. The van der Waals surface area contributed by atoms with Gasteiger partial charge in [0.2, 0.25) is 5.91 Å². The molecule has 164 valence electrons. The third kappa shape index (κ3) is 4.70. The van der Waals surface area contributed by atoms with Gasteiger partial charge in [0.05, 0.1) is 11.1 Å². The maximum Gasteiger partial charge on any atom is 0.263 e. The van der Waals surface area contributed by atoms with Gasteiger partial charge in [-0.15, -0.1) is 11.3 Å². The van der Waals surface area contributed by atoms with E-state index < -0.39 is 0 Å². The van der Waals surface area contributed by atoms with E-state index in [0.29, 0.717) is 24.0 Å². The number of nitrogens with zero attached hydrogens (tertiary/aromatic N) is 3. The minimum Gasteiger partial charge on any atom is -0.348 e. The molecule has 3 aromatic rings. The van der Waals surface area contributed by atoms with Gasteiger partial charge in [-0.3, -0.25) is 14.2 Å². The number of benzene rings is 1. The zero-order valence-corrected chi connectivity index (χ0v) is 19.6. The van der Waals surface area contributed by atoms with Crippen molar-refractivity contribution in [3.8, 4) is 0 Å². The molecule has 1 unspecified atom stereocenters. The fourth-order valence-electron chi connectivity index (χ4n) is 3.86. The molecule has 2 heterocycles. The maximum absolute atomic E-state index is 13.6. The van der Waals surface area contributed by atoms with Gasteiger partial charge >= 0.3 is 0 Å². The van der Waals surface area contributed by atoms with Crippen molar-refractivity contribution in [3.63, 3.8) is 0 Å². The second-order valence-electron chi connectivity index (χ2n) is 8.34. The first kappa shape index (κ1) is 22.0. The Labute approximate surface area is 189 Å². The average molecular weight is 460 g/mol. The molecular weight excluding hydrogens is 433 g/mol. The van der Waals surface area contributed by atoms with Crippen molar-refractivity contribution in [2.75, 3.05) is 19.8 Å². The molecule has 0 N–H and O–H groups in total. The topological polar surface area (TPSA) is 55.2 Å². The fourth-order valence-corrected chi connectivity index (χ4v) is 6.29. The molecule has 8 heteroatoms. The molecule has 0 spiro atoms. The number of thiophene rings is 1. The molecule has 1 aromatic carbocycles. The SMILES string of the molecule is CC1CCc2c(sc3nc(SCC(=O)N(C)C)n(CCc4ccc(F)cc4)c(=O)c23)C1. The summed E-state index contributed by atoms with van der Waals surface area (Å²) >= 11 is 2.93. The fraction of sp³-hybridized carbons (Fsp3) is 0.435. The molecule has 1 atom stereocenters. The van der Waals surface area contributed by atoms with Crippen LogP contribution in [-0.2, 0) is 30.6 Å². The Morgan fingerprint density at radius 3 is 2.77 bits per heavy atom. The lowest BCUT2D eigenvalue weighted by atomic mass is 9.89. The Kier molecular flexibility index (Phi) is 6.48. The van der Waals surface area contributed by atoms with Crippen LogP contribution in [0.5, 0.6) is 0 Å². The third-order valence-electron chi connectivity index (χ3n) is 5.74. The van der Waals surface area contributed by atoms with Gasteiger partial charge in [0, 0.05) is 25.5 Å². The van der Waals surface area contributed by atoms with Crippen LogP contribution in [0.2, 0.25) is 0 Å². The number of halogens is 1. The molecule has 31 heavy (non-hydrogen) atoms. The van der Waals surface area contributed by atoms with E-state index in [1.54, 1.807) is 42.1 Å². The van der Waals surface area contributed by atoms with E-state index in [1.807, 2.05) is 0 Å². The lowest BCUT2D eigenvalue weighted by molar-refractivity contribution is -0.125. The Morgan fingerprint density at radius 1 is 1.32 bits per heavy atom. The van der Waals surface area contributed by atoms with Crippen LogP contribution in [-0.4, -0.2) is 40.2 Å². The van der Waals surface area contributed by atoms with Crippen LogP contribution in [0.15, 0.2) is 34.2 Å². The van der Waals surface area contributed by atoms with Gasteiger partial charge in [0.25, 0.3) is 5.56 Å². The van der Waals surface area contributed by atoms with Crippen LogP contribution in [0, 0.1) is 11.7 Å². The summed E-state index contributed by atoms with van der Waals surface area (Å²) in [6, 6.07) is 6.34. The van der Waals surface area contributed by atoms with Crippen LogP contribution in [0.1, 0.15) is 29.3 Å². The number of carbonyl (C=O) groups is 1. The molecule has 0 saturated heterocycles. The third-order valence-corrected chi connectivity index (χ3v) is 7.85. The molecule has 1 amide bonds. The van der Waals surface area contributed by atoms with Gasteiger partial charge in [0.15, 0.2) is 5.16 Å². The molecule has 0 saturated carbocycles. The Balaban J connectivity index is 1.73. The highest BCUT2D eigenvalue weighted by molar-refractivity contribution is 7.99. The van der Waals surface area contributed by atoms with Crippen molar-refractivity contribution in [3.05, 3.63) is 56.4 Å². The Bertz CT molecular complexity index is 1170. The van der Waals surface area contributed by atoms with Crippen molar-refractivity contribution < 1.29 is 9.18 Å². The predicted molar refractivity (Wildman–Crippen MR) is 125 cm³/mol. The lowest BCUT2D eigenvalue weighted by Crippen LogP contribution is -2.27.